The second-order valence-corrected chi connectivity index (χ2v) is 3.60. The summed E-state index contributed by atoms with van der Waals surface area (Å²) in [6.07, 6.45) is 0. The highest BCUT2D eigenvalue weighted by atomic mass is 16.4. The summed E-state index contributed by atoms with van der Waals surface area (Å²) in [7, 11) is 0. The average Bonchev–Trinajstić information content (AvgIpc) is 2.29. The van der Waals surface area contributed by atoms with Crippen molar-refractivity contribution in [3.05, 3.63) is 35.9 Å². The fourth-order valence-electron chi connectivity index (χ4n) is 1.07. The Labute approximate surface area is 92.7 Å². The third kappa shape index (κ3) is 2.58. The van der Waals surface area contributed by atoms with Gasteiger partial charge in [-0.2, -0.15) is 0 Å². The lowest BCUT2D eigenvalue weighted by molar-refractivity contribution is -0.314. The van der Waals surface area contributed by atoms with Crippen LogP contribution in [0.2, 0.25) is 0 Å². The van der Waals surface area contributed by atoms with Crippen molar-refractivity contribution in [2.45, 2.75) is 12.5 Å². The van der Waals surface area contributed by atoms with Crippen molar-refractivity contribution in [3.8, 4) is 0 Å². The van der Waals surface area contributed by atoms with Gasteiger partial charge in [-0.3, -0.25) is 4.79 Å². The van der Waals surface area contributed by atoms with Crippen molar-refractivity contribution in [1.29, 1.82) is 0 Å². The number of carbonyl (C=O) groups is 2. The summed E-state index contributed by atoms with van der Waals surface area (Å²) in [5.74, 6) is -2.10. The number of aliphatic hydroxyl groups excluding tert-OH is 1. The molecule has 0 saturated carbocycles. The van der Waals surface area contributed by atoms with E-state index in [9.17, 15) is 14.7 Å². The van der Waals surface area contributed by atoms with Crippen molar-refractivity contribution in [2.24, 2.45) is 0 Å². The van der Waals surface area contributed by atoms with Crippen molar-refractivity contribution >= 4 is 11.9 Å². The van der Waals surface area contributed by atoms with E-state index in [1.165, 1.54) is 6.92 Å². The van der Waals surface area contributed by atoms with Gasteiger partial charge in [-0.25, -0.2) is 0 Å². The first-order valence-electron chi connectivity index (χ1n) is 4.69. The monoisotopic (exact) mass is 222 g/mol. The van der Waals surface area contributed by atoms with Crippen molar-refractivity contribution in [2.75, 3.05) is 6.61 Å². The number of nitrogens with one attached hydrogen (secondary N) is 1. The lowest BCUT2D eigenvalue weighted by Gasteiger charge is -2.29. The molecule has 0 aliphatic heterocycles. The van der Waals surface area contributed by atoms with Crippen molar-refractivity contribution in [3.63, 3.8) is 0 Å². The molecule has 5 nitrogen and oxygen atoms in total. The summed E-state index contributed by atoms with van der Waals surface area (Å²) in [5.41, 5.74) is -1.45. The van der Waals surface area contributed by atoms with E-state index in [-0.39, 0.29) is 0 Å². The van der Waals surface area contributed by atoms with Gasteiger partial charge in [-0.15, -0.1) is 0 Å². The number of carboxylic acids is 1. The molecular formula is C11H12NO4-. The maximum atomic E-state index is 11.6. The van der Waals surface area contributed by atoms with Gasteiger partial charge in [0.25, 0.3) is 5.91 Å². The molecule has 0 saturated heterocycles. The highest BCUT2D eigenvalue weighted by Crippen LogP contribution is 2.05. The molecule has 0 bridgehead atoms. The molecule has 0 aromatic heterocycles. The number of aliphatic carboxylic acids is 1. The SMILES string of the molecule is C[C@](CO)(NC(=O)c1ccccc1)C(=O)[O-]. The first-order valence-corrected chi connectivity index (χ1v) is 4.69. The van der Waals surface area contributed by atoms with Gasteiger partial charge in [0.15, 0.2) is 0 Å². The second kappa shape index (κ2) is 4.76. The van der Waals surface area contributed by atoms with Crippen LogP contribution in [-0.2, 0) is 4.79 Å². The summed E-state index contributed by atoms with van der Waals surface area (Å²) >= 11 is 0. The number of carbonyl (C=O) groups excluding carboxylic acids is 2. The van der Waals surface area contributed by atoms with Crippen LogP contribution in [0.15, 0.2) is 30.3 Å². The van der Waals surface area contributed by atoms with E-state index in [1.54, 1.807) is 30.3 Å². The van der Waals surface area contributed by atoms with Crippen LogP contribution in [0.4, 0.5) is 0 Å². The number of rotatable bonds is 4. The zero-order valence-corrected chi connectivity index (χ0v) is 8.77. The molecule has 0 aliphatic rings. The van der Waals surface area contributed by atoms with Crippen LogP contribution in [0.3, 0.4) is 0 Å². The maximum absolute atomic E-state index is 11.6. The van der Waals surface area contributed by atoms with Crippen LogP contribution in [0.1, 0.15) is 17.3 Å². The Morgan fingerprint density at radius 2 is 1.94 bits per heavy atom. The third-order valence-corrected chi connectivity index (χ3v) is 2.19. The summed E-state index contributed by atoms with van der Waals surface area (Å²) < 4.78 is 0. The zero-order valence-electron chi connectivity index (χ0n) is 8.77. The largest absolute Gasteiger partial charge is 0.547 e. The molecule has 0 heterocycles. The van der Waals surface area contributed by atoms with Crippen LogP contribution >= 0.6 is 0 Å². The molecule has 0 unspecified atom stereocenters. The van der Waals surface area contributed by atoms with Gasteiger partial charge in [0.2, 0.25) is 0 Å². The third-order valence-electron chi connectivity index (χ3n) is 2.19. The molecule has 0 radical (unpaired) electrons. The number of amides is 1. The Morgan fingerprint density at radius 3 is 2.38 bits per heavy atom. The van der Waals surface area contributed by atoms with Gasteiger partial charge in [0, 0.05) is 5.56 Å². The van der Waals surface area contributed by atoms with E-state index in [0.717, 1.165) is 0 Å². The van der Waals surface area contributed by atoms with Crippen LogP contribution < -0.4 is 10.4 Å². The Balaban J connectivity index is 2.82. The van der Waals surface area contributed by atoms with Gasteiger partial charge in [-0.05, 0) is 19.1 Å². The fourth-order valence-corrected chi connectivity index (χ4v) is 1.07. The number of hydrogen-bond donors (Lipinski definition) is 2. The molecule has 1 aromatic carbocycles. The standard InChI is InChI=1S/C11H13NO4/c1-11(7-13,10(15)16)12-9(14)8-5-3-2-4-6-8/h2-6,13H,7H2,1H3,(H,12,14)(H,15,16)/p-1/t11-/m1/s1. The smallest absolute Gasteiger partial charge is 0.252 e. The number of carboxylic acid groups (broad SMARTS) is 1. The minimum atomic E-state index is -1.77. The molecule has 0 spiro atoms. The number of aliphatic hydroxyl groups is 1. The van der Waals surface area contributed by atoms with E-state index >= 15 is 0 Å². The number of hydrogen-bond acceptors (Lipinski definition) is 4. The molecule has 2 N–H and O–H groups in total. The first kappa shape index (κ1) is 12.2. The molecule has 1 rings (SSSR count). The topological polar surface area (TPSA) is 89.5 Å². The molecule has 0 aliphatic carbocycles. The van der Waals surface area contributed by atoms with Gasteiger partial charge < -0.3 is 20.3 Å². The average molecular weight is 222 g/mol. The Kier molecular flexibility index (Phi) is 3.63. The van der Waals surface area contributed by atoms with E-state index in [0.29, 0.717) is 5.56 Å². The minimum Gasteiger partial charge on any atom is -0.547 e. The summed E-state index contributed by atoms with van der Waals surface area (Å²) in [6.45, 7) is 0.455. The first-order chi connectivity index (χ1) is 7.49. The van der Waals surface area contributed by atoms with Crippen LogP contribution in [0, 0.1) is 0 Å². The second-order valence-electron chi connectivity index (χ2n) is 3.60. The van der Waals surface area contributed by atoms with Gasteiger partial charge in [-0.1, -0.05) is 18.2 Å². The Hall–Kier alpha value is -1.88. The molecular weight excluding hydrogens is 210 g/mol. The van der Waals surface area contributed by atoms with Crippen LogP contribution in [0.25, 0.3) is 0 Å². The summed E-state index contributed by atoms with van der Waals surface area (Å²) in [5, 5.41) is 21.9. The van der Waals surface area contributed by atoms with Crippen molar-refractivity contribution < 1.29 is 19.8 Å². The molecule has 1 amide bonds. The van der Waals surface area contributed by atoms with E-state index < -0.39 is 24.0 Å². The summed E-state index contributed by atoms with van der Waals surface area (Å²) in [6, 6.07) is 8.14. The highest BCUT2D eigenvalue weighted by molar-refractivity contribution is 5.97. The molecule has 1 atom stereocenters. The molecule has 1 aromatic rings. The highest BCUT2D eigenvalue weighted by Gasteiger charge is 2.27. The normalized spacial score (nSPS) is 13.9. The summed E-state index contributed by atoms with van der Waals surface area (Å²) in [4.78, 5) is 22.3. The van der Waals surface area contributed by atoms with E-state index in [4.69, 9.17) is 5.11 Å². The molecule has 86 valence electrons. The predicted molar refractivity (Wildman–Crippen MR) is 54.4 cm³/mol. The Morgan fingerprint density at radius 1 is 1.38 bits per heavy atom. The number of benzene rings is 1. The van der Waals surface area contributed by atoms with E-state index in [1.807, 2.05) is 0 Å². The fraction of sp³-hybridized carbons (Fsp3) is 0.273. The van der Waals surface area contributed by atoms with Crippen LogP contribution in [0.5, 0.6) is 0 Å². The lowest BCUT2D eigenvalue weighted by atomic mass is 10.0. The zero-order chi connectivity index (χ0) is 12.2. The maximum Gasteiger partial charge on any atom is 0.252 e. The lowest BCUT2D eigenvalue weighted by Crippen LogP contribution is -2.60. The van der Waals surface area contributed by atoms with Crippen molar-refractivity contribution in [1.82, 2.24) is 5.32 Å². The van der Waals surface area contributed by atoms with Gasteiger partial charge >= 0.3 is 0 Å². The quantitative estimate of drug-likeness (QED) is 0.678. The Bertz CT molecular complexity index is 390. The molecule has 5 heteroatoms. The van der Waals surface area contributed by atoms with Gasteiger partial charge in [0.1, 0.15) is 0 Å². The van der Waals surface area contributed by atoms with Crippen LogP contribution in [-0.4, -0.2) is 29.1 Å². The van der Waals surface area contributed by atoms with Gasteiger partial charge in [0.05, 0.1) is 18.1 Å². The molecule has 0 fully saturated rings. The van der Waals surface area contributed by atoms with E-state index in [2.05, 4.69) is 5.32 Å². The molecule has 16 heavy (non-hydrogen) atoms. The minimum absolute atomic E-state index is 0.323. The predicted octanol–water partition coefficient (Wildman–Crippen LogP) is -1.08.